The number of nitrogens with two attached hydrogens (primary N) is 1. The molecule has 1 aromatic carbocycles. The number of benzene rings is 1. The van der Waals surface area contributed by atoms with Crippen molar-refractivity contribution in [2.24, 2.45) is 11.1 Å². The summed E-state index contributed by atoms with van der Waals surface area (Å²) in [5.41, 5.74) is 8.35. The fraction of sp³-hybridized carbons (Fsp3) is 0.600. The van der Waals surface area contributed by atoms with Crippen molar-refractivity contribution in [3.05, 3.63) is 23.3 Å². The van der Waals surface area contributed by atoms with Crippen molar-refractivity contribution in [3.8, 4) is 11.5 Å². The Labute approximate surface area is 115 Å². The molecule has 0 radical (unpaired) electrons. The predicted octanol–water partition coefficient (Wildman–Crippen LogP) is 2.01. The second kappa shape index (κ2) is 5.39. The Morgan fingerprint density at radius 1 is 1.26 bits per heavy atom. The summed E-state index contributed by atoms with van der Waals surface area (Å²) in [6.07, 6.45) is 2.32. The van der Waals surface area contributed by atoms with Crippen molar-refractivity contribution < 1.29 is 9.47 Å². The van der Waals surface area contributed by atoms with Crippen LogP contribution in [0.2, 0.25) is 0 Å². The zero-order chi connectivity index (χ0) is 14.0. The fourth-order valence-corrected chi connectivity index (χ4v) is 2.86. The lowest BCUT2D eigenvalue weighted by Crippen LogP contribution is -2.32. The first kappa shape index (κ1) is 14.2. The van der Waals surface area contributed by atoms with Crippen molar-refractivity contribution in [3.63, 3.8) is 0 Å². The number of ether oxygens (including phenoxy) is 2. The molecule has 1 atom stereocenters. The summed E-state index contributed by atoms with van der Waals surface area (Å²) >= 11 is 0. The highest BCUT2D eigenvalue weighted by Crippen LogP contribution is 2.55. The van der Waals surface area contributed by atoms with Crippen LogP contribution < -0.4 is 20.5 Å². The van der Waals surface area contributed by atoms with E-state index in [1.54, 1.807) is 14.2 Å². The highest BCUT2D eigenvalue weighted by atomic mass is 16.5. The second-order valence-electron chi connectivity index (χ2n) is 5.35. The summed E-state index contributed by atoms with van der Waals surface area (Å²) < 4.78 is 11.0. The first-order valence-corrected chi connectivity index (χ1v) is 6.71. The largest absolute Gasteiger partial charge is 0.496 e. The van der Waals surface area contributed by atoms with Gasteiger partial charge in [-0.25, -0.2) is 0 Å². The predicted molar refractivity (Wildman–Crippen MR) is 76.8 cm³/mol. The standard InChI is InChI=1S/C15H24N2O2/c1-10-7-13(19-4)11(8-12(10)18-3)14(17-2)15(9-16)5-6-15/h7-8,14,17H,5-6,9,16H2,1-4H3. The third-order valence-corrected chi connectivity index (χ3v) is 4.26. The Bertz CT molecular complexity index is 456. The van der Waals surface area contributed by atoms with Crippen LogP contribution in [0.3, 0.4) is 0 Å². The molecule has 1 aromatic rings. The van der Waals surface area contributed by atoms with Crippen LogP contribution in [-0.2, 0) is 0 Å². The Morgan fingerprint density at radius 3 is 2.32 bits per heavy atom. The Balaban J connectivity index is 2.46. The summed E-state index contributed by atoms with van der Waals surface area (Å²) in [6, 6.07) is 4.32. The number of hydrogen-bond acceptors (Lipinski definition) is 4. The molecule has 106 valence electrons. The molecule has 1 fully saturated rings. The monoisotopic (exact) mass is 264 g/mol. The molecule has 4 nitrogen and oxygen atoms in total. The van der Waals surface area contributed by atoms with Crippen molar-refractivity contribution in [2.45, 2.75) is 25.8 Å². The van der Waals surface area contributed by atoms with E-state index in [1.807, 2.05) is 20.0 Å². The molecule has 0 bridgehead atoms. The lowest BCUT2D eigenvalue weighted by Gasteiger charge is -2.28. The Hall–Kier alpha value is -1.26. The van der Waals surface area contributed by atoms with Crippen LogP contribution in [0, 0.1) is 12.3 Å². The van der Waals surface area contributed by atoms with Gasteiger partial charge in [-0.1, -0.05) is 0 Å². The Morgan fingerprint density at radius 2 is 1.89 bits per heavy atom. The topological polar surface area (TPSA) is 56.5 Å². The summed E-state index contributed by atoms with van der Waals surface area (Å²) in [5, 5.41) is 3.40. The molecule has 0 aliphatic heterocycles. The van der Waals surface area contributed by atoms with Gasteiger partial charge in [0.05, 0.1) is 14.2 Å². The summed E-state index contributed by atoms with van der Waals surface area (Å²) in [4.78, 5) is 0. The molecule has 4 heteroatoms. The molecule has 19 heavy (non-hydrogen) atoms. The maximum Gasteiger partial charge on any atom is 0.124 e. The van der Waals surface area contributed by atoms with E-state index in [0.717, 1.165) is 35.5 Å². The van der Waals surface area contributed by atoms with Crippen LogP contribution in [-0.4, -0.2) is 27.8 Å². The van der Waals surface area contributed by atoms with Crippen LogP contribution in [0.15, 0.2) is 12.1 Å². The lowest BCUT2D eigenvalue weighted by atomic mass is 9.88. The van der Waals surface area contributed by atoms with Crippen LogP contribution in [0.4, 0.5) is 0 Å². The number of methoxy groups -OCH3 is 2. The minimum Gasteiger partial charge on any atom is -0.496 e. The Kier molecular flexibility index (Phi) is 4.02. The average Bonchev–Trinajstić information content (AvgIpc) is 3.21. The van der Waals surface area contributed by atoms with E-state index in [9.17, 15) is 0 Å². The van der Waals surface area contributed by atoms with Gasteiger partial charge in [-0.15, -0.1) is 0 Å². The van der Waals surface area contributed by atoms with Gasteiger partial charge in [0.15, 0.2) is 0 Å². The molecule has 3 N–H and O–H groups in total. The lowest BCUT2D eigenvalue weighted by molar-refractivity contribution is 0.339. The van der Waals surface area contributed by atoms with Gasteiger partial charge in [0.1, 0.15) is 11.5 Å². The van der Waals surface area contributed by atoms with E-state index in [-0.39, 0.29) is 11.5 Å². The maximum atomic E-state index is 5.96. The van der Waals surface area contributed by atoms with Crippen molar-refractivity contribution >= 4 is 0 Å². The molecule has 1 saturated carbocycles. The number of aryl methyl sites for hydroxylation is 1. The van der Waals surface area contributed by atoms with E-state index in [2.05, 4.69) is 11.4 Å². The minimum absolute atomic E-state index is 0.169. The number of nitrogens with one attached hydrogen (secondary N) is 1. The van der Waals surface area contributed by atoms with E-state index in [4.69, 9.17) is 15.2 Å². The van der Waals surface area contributed by atoms with Crippen molar-refractivity contribution in [2.75, 3.05) is 27.8 Å². The molecule has 1 aliphatic rings. The van der Waals surface area contributed by atoms with Gasteiger partial charge < -0.3 is 20.5 Å². The highest BCUT2D eigenvalue weighted by Gasteiger charge is 2.49. The van der Waals surface area contributed by atoms with Crippen LogP contribution >= 0.6 is 0 Å². The van der Waals surface area contributed by atoms with Crippen molar-refractivity contribution in [1.29, 1.82) is 0 Å². The van der Waals surface area contributed by atoms with Gasteiger partial charge in [0.2, 0.25) is 0 Å². The molecule has 0 aromatic heterocycles. The van der Waals surface area contributed by atoms with Crippen LogP contribution in [0.1, 0.15) is 30.0 Å². The molecular formula is C15H24N2O2. The summed E-state index contributed by atoms with van der Waals surface area (Å²) in [5.74, 6) is 1.79. The maximum absolute atomic E-state index is 5.96. The van der Waals surface area contributed by atoms with Crippen molar-refractivity contribution in [1.82, 2.24) is 5.32 Å². The first-order valence-electron chi connectivity index (χ1n) is 6.71. The number of hydrogen-bond donors (Lipinski definition) is 2. The SMILES string of the molecule is CNC(c1cc(OC)c(C)cc1OC)C1(CN)CC1. The second-order valence-corrected chi connectivity index (χ2v) is 5.35. The average molecular weight is 264 g/mol. The zero-order valence-corrected chi connectivity index (χ0v) is 12.2. The quantitative estimate of drug-likeness (QED) is 0.825. The third kappa shape index (κ3) is 2.42. The van der Waals surface area contributed by atoms with E-state index in [0.29, 0.717) is 6.54 Å². The van der Waals surface area contributed by atoms with E-state index >= 15 is 0 Å². The van der Waals surface area contributed by atoms with E-state index < -0.39 is 0 Å². The number of rotatable bonds is 6. The van der Waals surface area contributed by atoms with Gasteiger partial charge in [0.25, 0.3) is 0 Å². The van der Waals surface area contributed by atoms with Gasteiger partial charge in [-0.05, 0) is 51.1 Å². The molecular weight excluding hydrogens is 240 g/mol. The molecule has 0 saturated heterocycles. The highest BCUT2D eigenvalue weighted by molar-refractivity contribution is 5.48. The molecule has 0 amide bonds. The van der Waals surface area contributed by atoms with E-state index in [1.165, 1.54) is 0 Å². The van der Waals surface area contributed by atoms with Gasteiger partial charge >= 0.3 is 0 Å². The summed E-state index contributed by atoms with van der Waals surface area (Å²) in [6.45, 7) is 2.72. The molecule has 2 rings (SSSR count). The smallest absolute Gasteiger partial charge is 0.124 e. The van der Waals surface area contributed by atoms with Gasteiger partial charge in [-0.3, -0.25) is 0 Å². The molecule has 1 unspecified atom stereocenters. The zero-order valence-electron chi connectivity index (χ0n) is 12.2. The minimum atomic E-state index is 0.169. The molecule has 1 aliphatic carbocycles. The van der Waals surface area contributed by atoms with Crippen LogP contribution in [0.5, 0.6) is 11.5 Å². The van der Waals surface area contributed by atoms with Crippen LogP contribution in [0.25, 0.3) is 0 Å². The summed E-state index contributed by atoms with van der Waals surface area (Å²) in [7, 11) is 5.38. The molecule has 0 spiro atoms. The normalized spacial score (nSPS) is 17.9. The third-order valence-electron chi connectivity index (χ3n) is 4.26. The first-order chi connectivity index (χ1) is 9.11. The molecule has 0 heterocycles. The van der Waals surface area contributed by atoms with Gasteiger partial charge in [0, 0.05) is 17.0 Å². The van der Waals surface area contributed by atoms with Gasteiger partial charge in [-0.2, -0.15) is 0 Å². The fourth-order valence-electron chi connectivity index (χ4n) is 2.86.